The molecule has 0 radical (unpaired) electrons. The number of nitrogens with two attached hydrogens (primary N) is 1. The molecule has 0 saturated heterocycles. The highest BCUT2D eigenvalue weighted by atomic mass is 16.3. The van der Waals surface area contributed by atoms with E-state index in [0.29, 0.717) is 17.3 Å². The molecule has 4 aliphatic rings. The minimum absolute atomic E-state index is 0.287. The maximum atomic E-state index is 12.2. The molecule has 0 bridgehead atoms. The van der Waals surface area contributed by atoms with Gasteiger partial charge in [-0.05, 0) is 130 Å². The molecule has 0 heterocycles. The molecule has 9 atom stereocenters. The van der Waals surface area contributed by atoms with Gasteiger partial charge in [0.25, 0.3) is 0 Å². The summed E-state index contributed by atoms with van der Waals surface area (Å²) in [5.74, 6) is 4.86. The predicted molar refractivity (Wildman–Crippen MR) is 134 cm³/mol. The van der Waals surface area contributed by atoms with Gasteiger partial charge in [-0.15, -0.1) is 0 Å². The normalized spacial score (nSPS) is 43.6. The van der Waals surface area contributed by atoms with Gasteiger partial charge in [-0.3, -0.25) is 4.79 Å². The van der Waals surface area contributed by atoms with E-state index in [9.17, 15) is 9.90 Å². The van der Waals surface area contributed by atoms with Gasteiger partial charge in [-0.1, -0.05) is 38.5 Å². The van der Waals surface area contributed by atoms with E-state index in [1.54, 1.807) is 0 Å². The molecule has 5 rings (SSSR count). The molecule has 0 aromatic heterocycles. The van der Waals surface area contributed by atoms with Crippen molar-refractivity contribution in [2.75, 3.05) is 0 Å². The Hall–Kier alpha value is -1.35. The van der Waals surface area contributed by atoms with Crippen LogP contribution < -0.4 is 5.73 Å². The second kappa shape index (κ2) is 8.70. The fraction of sp³-hybridized carbons (Fsp3) is 0.767. The van der Waals surface area contributed by atoms with Crippen LogP contribution in [0.5, 0.6) is 0 Å². The van der Waals surface area contributed by atoms with E-state index in [1.165, 1.54) is 63.4 Å². The summed E-state index contributed by atoms with van der Waals surface area (Å²) in [6, 6.07) is 8.10. The molecule has 4 fully saturated rings. The molecule has 182 valence electrons. The van der Waals surface area contributed by atoms with Gasteiger partial charge in [0.05, 0.1) is 5.60 Å². The van der Waals surface area contributed by atoms with Gasteiger partial charge < -0.3 is 10.8 Å². The summed E-state index contributed by atoms with van der Waals surface area (Å²) in [4.78, 5) is 12.2. The van der Waals surface area contributed by atoms with E-state index in [4.69, 9.17) is 5.73 Å². The van der Waals surface area contributed by atoms with Crippen molar-refractivity contribution in [2.45, 2.75) is 103 Å². The zero-order chi connectivity index (χ0) is 23.4. The highest BCUT2D eigenvalue weighted by Crippen LogP contribution is 2.66. The number of amides is 1. The van der Waals surface area contributed by atoms with Crippen LogP contribution in [0.3, 0.4) is 0 Å². The molecule has 0 spiro atoms. The Morgan fingerprint density at radius 1 is 1.06 bits per heavy atom. The summed E-state index contributed by atoms with van der Waals surface area (Å²) in [6.45, 7) is 6.88. The molecule has 3 nitrogen and oxygen atoms in total. The van der Waals surface area contributed by atoms with E-state index in [-0.39, 0.29) is 5.91 Å². The lowest BCUT2D eigenvalue weighted by molar-refractivity contribution is -0.137. The molecular formula is C30H45NO2. The summed E-state index contributed by atoms with van der Waals surface area (Å²) in [5, 5.41) is 10.7. The number of primary amides is 1. The zero-order valence-electron chi connectivity index (χ0n) is 21.1. The standard InChI is InChI=1S/C30H45NO2/c1-4-30-17-15-23-22-14-16-29(3,33)18-20(22)12-13-24(23)27(30)11-7-10-26(30)19(2)21-8-5-6-9-25(21)28(31)32/h5-6,8-9,19-20,22-24,26-27,33H,4,7,10-18H2,1-3H3,(H2,31,32)/t19-,20-,22+,23-,24-,26+,27+,29-,30-/m1/s1. The average molecular weight is 452 g/mol. The maximum Gasteiger partial charge on any atom is 0.248 e. The van der Waals surface area contributed by atoms with Crippen LogP contribution in [-0.2, 0) is 0 Å². The van der Waals surface area contributed by atoms with E-state index >= 15 is 0 Å². The Kier molecular flexibility index (Phi) is 6.17. The molecular weight excluding hydrogens is 406 g/mol. The number of hydrogen-bond acceptors (Lipinski definition) is 2. The van der Waals surface area contributed by atoms with Gasteiger partial charge >= 0.3 is 0 Å². The predicted octanol–water partition coefficient (Wildman–Crippen LogP) is 6.69. The number of hydrogen-bond donors (Lipinski definition) is 2. The Labute approximate surface area is 200 Å². The van der Waals surface area contributed by atoms with Crippen molar-refractivity contribution in [3.05, 3.63) is 35.4 Å². The number of carbonyl (C=O) groups is 1. The van der Waals surface area contributed by atoms with E-state index in [1.807, 2.05) is 12.1 Å². The van der Waals surface area contributed by atoms with Gasteiger partial charge in [-0.2, -0.15) is 0 Å². The third-order valence-corrected chi connectivity index (χ3v) is 11.2. The highest BCUT2D eigenvalue weighted by Gasteiger charge is 2.58. The summed E-state index contributed by atoms with van der Waals surface area (Å²) < 4.78 is 0. The van der Waals surface area contributed by atoms with Crippen LogP contribution in [0.1, 0.15) is 113 Å². The van der Waals surface area contributed by atoms with E-state index in [2.05, 4.69) is 32.9 Å². The molecule has 3 heteroatoms. The molecule has 33 heavy (non-hydrogen) atoms. The van der Waals surface area contributed by atoms with Crippen LogP contribution in [0.25, 0.3) is 0 Å². The fourth-order valence-corrected chi connectivity index (χ4v) is 9.92. The third kappa shape index (κ3) is 3.87. The second-order valence-corrected chi connectivity index (χ2v) is 12.6. The fourth-order valence-electron chi connectivity index (χ4n) is 9.92. The van der Waals surface area contributed by atoms with Gasteiger partial charge in [-0.25, -0.2) is 0 Å². The van der Waals surface area contributed by atoms with E-state index < -0.39 is 5.60 Å². The molecule has 4 saturated carbocycles. The second-order valence-electron chi connectivity index (χ2n) is 12.6. The molecule has 0 aliphatic heterocycles. The minimum atomic E-state index is -0.435. The Balaban J connectivity index is 1.44. The lowest BCUT2D eigenvalue weighted by Crippen LogP contribution is -2.55. The topological polar surface area (TPSA) is 63.3 Å². The van der Waals surface area contributed by atoms with E-state index in [0.717, 1.165) is 48.0 Å². The Bertz CT molecular complexity index is 878. The van der Waals surface area contributed by atoms with Crippen LogP contribution in [0.2, 0.25) is 0 Å². The van der Waals surface area contributed by atoms with Crippen molar-refractivity contribution in [3.8, 4) is 0 Å². The number of aliphatic hydroxyl groups is 1. The van der Waals surface area contributed by atoms with Gasteiger partial charge in [0.1, 0.15) is 0 Å². The Morgan fingerprint density at radius 3 is 2.58 bits per heavy atom. The largest absolute Gasteiger partial charge is 0.390 e. The van der Waals surface area contributed by atoms with Crippen LogP contribution in [0.15, 0.2) is 24.3 Å². The van der Waals surface area contributed by atoms with Crippen LogP contribution in [-0.4, -0.2) is 16.6 Å². The SMILES string of the molecule is CC[C@]12CC[C@H]3[C@@H](CC[C@@H]4C[C@](C)(O)CC[C@@H]43)[C@@H]1CCC[C@H]2[C@H](C)c1ccccc1C(N)=O. The monoisotopic (exact) mass is 451 g/mol. The van der Waals surface area contributed by atoms with Gasteiger partial charge in [0, 0.05) is 5.56 Å². The molecule has 3 N–H and O–H groups in total. The van der Waals surface area contributed by atoms with Crippen LogP contribution >= 0.6 is 0 Å². The molecule has 0 unspecified atom stereocenters. The number of benzene rings is 1. The van der Waals surface area contributed by atoms with Crippen molar-refractivity contribution >= 4 is 5.91 Å². The smallest absolute Gasteiger partial charge is 0.248 e. The van der Waals surface area contributed by atoms with Crippen molar-refractivity contribution in [1.82, 2.24) is 0 Å². The highest BCUT2D eigenvalue weighted by molar-refractivity contribution is 5.94. The van der Waals surface area contributed by atoms with Gasteiger partial charge in [0.2, 0.25) is 5.91 Å². The first-order valence-corrected chi connectivity index (χ1v) is 13.9. The number of rotatable bonds is 4. The minimum Gasteiger partial charge on any atom is -0.390 e. The average Bonchev–Trinajstić information content (AvgIpc) is 2.81. The van der Waals surface area contributed by atoms with Crippen LogP contribution in [0.4, 0.5) is 0 Å². The lowest BCUT2D eigenvalue weighted by atomic mass is 9.42. The first-order valence-electron chi connectivity index (χ1n) is 13.9. The summed E-state index contributed by atoms with van der Waals surface area (Å²) in [6.07, 6.45) is 13.9. The summed E-state index contributed by atoms with van der Waals surface area (Å²) in [7, 11) is 0. The maximum absolute atomic E-state index is 12.2. The quantitative estimate of drug-likeness (QED) is 0.536. The number of carbonyl (C=O) groups excluding carboxylic acids is 1. The molecule has 4 aliphatic carbocycles. The molecule has 1 aromatic carbocycles. The van der Waals surface area contributed by atoms with Crippen molar-refractivity contribution in [3.63, 3.8) is 0 Å². The molecule has 1 amide bonds. The Morgan fingerprint density at radius 2 is 1.82 bits per heavy atom. The van der Waals surface area contributed by atoms with Crippen molar-refractivity contribution < 1.29 is 9.90 Å². The van der Waals surface area contributed by atoms with Crippen molar-refractivity contribution in [2.24, 2.45) is 46.7 Å². The summed E-state index contributed by atoms with van der Waals surface area (Å²) in [5.41, 5.74) is 7.65. The third-order valence-electron chi connectivity index (χ3n) is 11.2. The zero-order valence-corrected chi connectivity index (χ0v) is 21.1. The first-order chi connectivity index (χ1) is 15.8. The number of fused-ring (bicyclic) bond motifs is 5. The molecule has 1 aromatic rings. The van der Waals surface area contributed by atoms with Crippen LogP contribution in [0, 0.1) is 40.9 Å². The van der Waals surface area contributed by atoms with Gasteiger partial charge in [0.15, 0.2) is 0 Å². The first kappa shape index (κ1) is 23.4. The summed E-state index contributed by atoms with van der Waals surface area (Å²) >= 11 is 0. The van der Waals surface area contributed by atoms with Crippen molar-refractivity contribution in [1.29, 1.82) is 0 Å². The lowest BCUT2D eigenvalue weighted by Gasteiger charge is -2.63.